The van der Waals surface area contributed by atoms with E-state index in [-0.39, 0.29) is 40.2 Å². The maximum absolute atomic E-state index is 13.7. The zero-order chi connectivity index (χ0) is 32.2. The summed E-state index contributed by atoms with van der Waals surface area (Å²) in [5.41, 5.74) is 0.294. The van der Waals surface area contributed by atoms with Crippen LogP contribution in [0.1, 0.15) is 127 Å². The highest BCUT2D eigenvalue weighted by molar-refractivity contribution is 7.15. The van der Waals surface area contributed by atoms with Gasteiger partial charge in [0.1, 0.15) is 4.88 Å². The Bertz CT molecular complexity index is 1090. The Morgan fingerprint density at radius 3 is 2.09 bits per heavy atom. The van der Waals surface area contributed by atoms with Crippen LogP contribution in [0.4, 0.5) is 5.69 Å². The van der Waals surface area contributed by atoms with Crippen LogP contribution in [0.5, 0.6) is 0 Å². The van der Waals surface area contributed by atoms with E-state index in [0.717, 1.165) is 43.6 Å². The van der Waals surface area contributed by atoms with Gasteiger partial charge in [-0.1, -0.05) is 18.8 Å². The number of anilines is 1. The Morgan fingerprint density at radius 2 is 1.67 bits per heavy atom. The molecule has 242 valence electrons. The van der Waals surface area contributed by atoms with E-state index in [1.807, 2.05) is 20.8 Å². The topological polar surface area (TPSA) is 113 Å². The summed E-state index contributed by atoms with van der Waals surface area (Å²) in [6.45, 7) is 15.0. The molecule has 1 amide bonds. The molecule has 1 saturated heterocycles. The van der Waals surface area contributed by atoms with Crippen LogP contribution in [-0.4, -0.2) is 59.5 Å². The Labute approximate surface area is 262 Å². The Morgan fingerprint density at radius 1 is 1.05 bits per heavy atom. The number of carboxylic acid groups (broad SMARTS) is 1. The molecule has 0 aromatic carbocycles. The SMILES string of the molecule is CC1CCC(C(=O)N(c2cc(C#CC(C)(C)C)sc2C(=O)O)C2CCC(O)CC2)CC1.CC1CCCO1.CCOC(C)=O. The van der Waals surface area contributed by atoms with Crippen LogP contribution in [0.3, 0.4) is 0 Å². The third kappa shape index (κ3) is 13.0. The number of aliphatic hydroxyl groups excluding tert-OH is 1. The standard InChI is InChI=1S/C25H35NO4S.C5H10O.C4H8O2/c1-16-5-7-17(8-6-16)23(28)26(18-9-11-19(27)12-10-18)21-15-20(13-14-25(2,3)4)31-22(21)24(29)30;1-5-3-2-4-6-5;1-3-6-4(2)5/h15-19,27H,5-12H2,1-4H3,(H,29,30);5H,2-4H2,1H3;3H2,1-2H3. The third-order valence-electron chi connectivity index (χ3n) is 7.87. The van der Waals surface area contributed by atoms with Gasteiger partial charge in [0.05, 0.1) is 29.4 Å². The molecular weight excluding hydrogens is 566 g/mol. The molecule has 4 rings (SSSR count). The summed E-state index contributed by atoms with van der Waals surface area (Å²) in [4.78, 5) is 38.3. The van der Waals surface area contributed by atoms with Crippen molar-refractivity contribution in [3.63, 3.8) is 0 Å². The summed E-state index contributed by atoms with van der Waals surface area (Å²) in [5, 5.41) is 19.9. The van der Waals surface area contributed by atoms with Gasteiger partial charge in [-0.25, -0.2) is 4.79 Å². The van der Waals surface area contributed by atoms with Crippen LogP contribution < -0.4 is 4.90 Å². The molecule has 9 heteroatoms. The van der Waals surface area contributed by atoms with Crippen molar-refractivity contribution in [2.24, 2.45) is 17.3 Å². The number of carbonyl (C=O) groups excluding carboxylic acids is 2. The zero-order valence-corrected chi connectivity index (χ0v) is 28.1. The molecule has 3 aliphatic rings. The first kappa shape index (κ1) is 36.8. The number of carboxylic acids is 1. The van der Waals surface area contributed by atoms with E-state index in [1.54, 1.807) is 17.9 Å². The molecule has 8 nitrogen and oxygen atoms in total. The van der Waals surface area contributed by atoms with E-state index >= 15 is 0 Å². The minimum atomic E-state index is -1.02. The predicted molar refractivity (Wildman–Crippen MR) is 171 cm³/mol. The molecule has 1 unspecified atom stereocenters. The maximum Gasteiger partial charge on any atom is 0.348 e. The van der Waals surface area contributed by atoms with Crippen molar-refractivity contribution in [1.82, 2.24) is 0 Å². The van der Waals surface area contributed by atoms with Crippen molar-refractivity contribution in [3.8, 4) is 11.8 Å². The largest absolute Gasteiger partial charge is 0.477 e. The summed E-state index contributed by atoms with van der Waals surface area (Å²) in [7, 11) is 0. The van der Waals surface area contributed by atoms with Gasteiger partial charge in [-0.2, -0.15) is 0 Å². The molecule has 43 heavy (non-hydrogen) atoms. The van der Waals surface area contributed by atoms with E-state index in [4.69, 9.17) is 4.74 Å². The van der Waals surface area contributed by atoms with Crippen LogP contribution >= 0.6 is 11.3 Å². The van der Waals surface area contributed by atoms with Crippen molar-refractivity contribution in [3.05, 3.63) is 15.8 Å². The second-order valence-electron chi connectivity index (χ2n) is 13.0. The van der Waals surface area contributed by atoms with Gasteiger partial charge in [-0.05, 0) is 111 Å². The molecular formula is C34H53NO7S. The van der Waals surface area contributed by atoms with Gasteiger partial charge < -0.3 is 24.6 Å². The first-order valence-electron chi connectivity index (χ1n) is 15.9. The summed E-state index contributed by atoms with van der Waals surface area (Å²) in [6.07, 6.45) is 9.17. The van der Waals surface area contributed by atoms with Gasteiger partial charge >= 0.3 is 11.9 Å². The van der Waals surface area contributed by atoms with Gasteiger partial charge in [-0.15, -0.1) is 11.3 Å². The normalized spacial score (nSPS) is 25.1. The lowest BCUT2D eigenvalue weighted by Gasteiger charge is -2.38. The number of hydrogen-bond acceptors (Lipinski definition) is 7. The van der Waals surface area contributed by atoms with Crippen LogP contribution in [0, 0.1) is 29.1 Å². The number of rotatable bonds is 5. The molecule has 3 fully saturated rings. The number of aliphatic hydroxyl groups is 1. The molecule has 0 radical (unpaired) electrons. The highest BCUT2D eigenvalue weighted by atomic mass is 32.1. The molecule has 1 aromatic rings. The van der Waals surface area contributed by atoms with Crippen LogP contribution in [0.2, 0.25) is 0 Å². The Kier molecular flexibility index (Phi) is 15.2. The van der Waals surface area contributed by atoms with Crippen LogP contribution in [-0.2, 0) is 19.1 Å². The van der Waals surface area contributed by atoms with Gasteiger partial charge in [-0.3, -0.25) is 9.59 Å². The first-order chi connectivity index (χ1) is 20.2. The van der Waals surface area contributed by atoms with Crippen molar-refractivity contribution in [2.75, 3.05) is 18.1 Å². The molecule has 2 N–H and O–H groups in total. The lowest BCUT2D eigenvalue weighted by Crippen LogP contribution is -2.47. The molecule has 2 heterocycles. The molecule has 1 aromatic heterocycles. The van der Waals surface area contributed by atoms with Crippen molar-refractivity contribution >= 4 is 34.9 Å². The lowest BCUT2D eigenvalue weighted by molar-refractivity contribution is -0.140. The van der Waals surface area contributed by atoms with E-state index in [2.05, 4.69) is 30.4 Å². The van der Waals surface area contributed by atoms with Crippen molar-refractivity contribution < 1.29 is 34.1 Å². The Balaban J connectivity index is 0.000000447. The number of hydrogen-bond donors (Lipinski definition) is 2. The number of nitrogens with zero attached hydrogens (tertiary/aromatic N) is 1. The summed E-state index contributed by atoms with van der Waals surface area (Å²) in [5.74, 6) is 5.68. The second-order valence-corrected chi connectivity index (χ2v) is 14.1. The fraction of sp³-hybridized carbons (Fsp3) is 0.735. The highest BCUT2D eigenvalue weighted by Crippen LogP contribution is 2.38. The van der Waals surface area contributed by atoms with Crippen LogP contribution in [0.25, 0.3) is 0 Å². The highest BCUT2D eigenvalue weighted by Gasteiger charge is 2.37. The van der Waals surface area contributed by atoms with Crippen molar-refractivity contribution in [2.45, 2.75) is 131 Å². The average Bonchev–Trinajstić information content (AvgIpc) is 3.59. The minimum absolute atomic E-state index is 0.0453. The number of aromatic carboxylic acids is 1. The smallest absolute Gasteiger partial charge is 0.348 e. The van der Waals surface area contributed by atoms with E-state index in [9.17, 15) is 24.6 Å². The summed E-state index contributed by atoms with van der Waals surface area (Å²) in [6, 6.07) is 1.72. The minimum Gasteiger partial charge on any atom is -0.477 e. The number of thiophene rings is 1. The lowest BCUT2D eigenvalue weighted by atomic mass is 9.81. The molecule has 2 saturated carbocycles. The maximum atomic E-state index is 13.7. The first-order valence-corrected chi connectivity index (χ1v) is 16.7. The molecule has 1 aliphatic heterocycles. The fourth-order valence-corrected chi connectivity index (χ4v) is 6.32. The summed E-state index contributed by atoms with van der Waals surface area (Å²) < 4.78 is 9.56. The van der Waals surface area contributed by atoms with E-state index in [1.165, 1.54) is 19.8 Å². The third-order valence-corrected chi connectivity index (χ3v) is 8.89. The van der Waals surface area contributed by atoms with Gasteiger partial charge in [0.15, 0.2) is 0 Å². The van der Waals surface area contributed by atoms with Gasteiger partial charge in [0.2, 0.25) is 5.91 Å². The fourth-order valence-electron chi connectivity index (χ4n) is 5.48. The van der Waals surface area contributed by atoms with Crippen LogP contribution in [0.15, 0.2) is 6.07 Å². The summed E-state index contributed by atoms with van der Waals surface area (Å²) >= 11 is 1.15. The van der Waals surface area contributed by atoms with Gasteiger partial charge in [0, 0.05) is 30.9 Å². The van der Waals surface area contributed by atoms with E-state index < -0.39 is 5.97 Å². The zero-order valence-electron chi connectivity index (χ0n) is 27.2. The predicted octanol–water partition coefficient (Wildman–Crippen LogP) is 7.06. The second kappa shape index (κ2) is 17.8. The molecule has 0 spiro atoms. The Hall–Kier alpha value is -2.41. The number of amides is 1. The molecule has 2 aliphatic carbocycles. The number of esters is 1. The molecule has 0 bridgehead atoms. The number of ether oxygens (including phenoxy) is 2. The van der Waals surface area contributed by atoms with E-state index in [0.29, 0.717) is 54.9 Å². The number of carbonyl (C=O) groups is 3. The average molecular weight is 620 g/mol. The quantitative estimate of drug-likeness (QED) is 0.268. The van der Waals surface area contributed by atoms with Gasteiger partial charge in [0.25, 0.3) is 0 Å². The monoisotopic (exact) mass is 619 g/mol. The molecule has 1 atom stereocenters. The van der Waals surface area contributed by atoms with Crippen molar-refractivity contribution in [1.29, 1.82) is 0 Å².